The van der Waals surface area contributed by atoms with Crippen LogP contribution in [0.25, 0.3) is 0 Å². The quantitative estimate of drug-likeness (QED) is 0.793. The minimum atomic E-state index is -0.673. The van der Waals surface area contributed by atoms with Gasteiger partial charge in [0.2, 0.25) is 24.5 Å². The second-order valence-corrected chi connectivity index (χ2v) is 7.95. The standard InChI is InChI=1S/C21H27N3O5/c1-14(25)22-17(10-15-4-5-18-19(11-15)29-13-28-18)21(27)24-9-6-16(12-24)20(26)23-7-2-3-8-23/h4-5,11,16-17H,2-3,6-10,12-13H2,1H3,(H,22,25). The van der Waals surface area contributed by atoms with E-state index in [2.05, 4.69) is 5.32 Å². The summed E-state index contributed by atoms with van der Waals surface area (Å²) in [4.78, 5) is 41.1. The van der Waals surface area contributed by atoms with Crippen LogP contribution in [0.4, 0.5) is 0 Å². The highest BCUT2D eigenvalue weighted by molar-refractivity contribution is 5.88. The number of fused-ring (bicyclic) bond motifs is 1. The van der Waals surface area contributed by atoms with Gasteiger partial charge >= 0.3 is 0 Å². The number of hydrogen-bond donors (Lipinski definition) is 1. The van der Waals surface area contributed by atoms with Gasteiger partial charge in [0.15, 0.2) is 11.5 Å². The largest absolute Gasteiger partial charge is 0.454 e. The summed E-state index contributed by atoms with van der Waals surface area (Å²) in [6.07, 6.45) is 3.15. The van der Waals surface area contributed by atoms with Gasteiger partial charge < -0.3 is 24.6 Å². The third-order valence-electron chi connectivity index (χ3n) is 5.82. The first-order chi connectivity index (χ1) is 14.0. The minimum Gasteiger partial charge on any atom is -0.454 e. The van der Waals surface area contributed by atoms with Crippen molar-refractivity contribution in [3.05, 3.63) is 23.8 Å². The van der Waals surface area contributed by atoms with Gasteiger partial charge in [-0.2, -0.15) is 0 Å². The number of nitrogens with zero attached hydrogens (tertiary/aromatic N) is 2. The van der Waals surface area contributed by atoms with E-state index >= 15 is 0 Å². The normalized spacial score (nSPS) is 21.3. The van der Waals surface area contributed by atoms with E-state index in [4.69, 9.17) is 9.47 Å². The van der Waals surface area contributed by atoms with Crippen molar-refractivity contribution in [2.45, 2.75) is 38.6 Å². The molecule has 4 rings (SSSR count). The monoisotopic (exact) mass is 401 g/mol. The zero-order valence-electron chi connectivity index (χ0n) is 16.7. The highest BCUT2D eigenvalue weighted by atomic mass is 16.7. The first-order valence-corrected chi connectivity index (χ1v) is 10.2. The zero-order valence-corrected chi connectivity index (χ0v) is 16.7. The van der Waals surface area contributed by atoms with Crippen LogP contribution in [0.1, 0.15) is 31.7 Å². The Kier molecular flexibility index (Phi) is 5.60. The number of hydrogen-bond acceptors (Lipinski definition) is 5. The zero-order chi connectivity index (χ0) is 20.4. The van der Waals surface area contributed by atoms with Crippen LogP contribution in [0, 0.1) is 5.92 Å². The molecule has 2 atom stereocenters. The van der Waals surface area contributed by atoms with E-state index in [9.17, 15) is 14.4 Å². The van der Waals surface area contributed by atoms with Crippen molar-refractivity contribution in [2.24, 2.45) is 5.92 Å². The number of benzene rings is 1. The smallest absolute Gasteiger partial charge is 0.245 e. The van der Waals surface area contributed by atoms with Gasteiger partial charge in [-0.3, -0.25) is 14.4 Å². The van der Waals surface area contributed by atoms with Crippen molar-refractivity contribution < 1.29 is 23.9 Å². The minimum absolute atomic E-state index is 0.138. The topological polar surface area (TPSA) is 88.2 Å². The number of carbonyl (C=O) groups is 3. The maximum absolute atomic E-state index is 13.1. The summed E-state index contributed by atoms with van der Waals surface area (Å²) in [5, 5.41) is 2.77. The average Bonchev–Trinajstić information content (AvgIpc) is 3.47. The molecule has 8 heteroatoms. The molecule has 0 aliphatic carbocycles. The van der Waals surface area contributed by atoms with Gasteiger partial charge in [0.1, 0.15) is 6.04 Å². The molecule has 8 nitrogen and oxygen atoms in total. The van der Waals surface area contributed by atoms with Crippen molar-refractivity contribution in [3.8, 4) is 11.5 Å². The fourth-order valence-corrected chi connectivity index (χ4v) is 4.33. The predicted molar refractivity (Wildman–Crippen MR) is 104 cm³/mol. The molecule has 3 heterocycles. The lowest BCUT2D eigenvalue weighted by Gasteiger charge is -2.25. The summed E-state index contributed by atoms with van der Waals surface area (Å²) >= 11 is 0. The number of nitrogens with one attached hydrogen (secondary N) is 1. The van der Waals surface area contributed by atoms with Gasteiger partial charge in [0, 0.05) is 39.5 Å². The average molecular weight is 401 g/mol. The van der Waals surface area contributed by atoms with Crippen molar-refractivity contribution in [3.63, 3.8) is 0 Å². The molecular formula is C21H27N3O5. The molecule has 2 fully saturated rings. The van der Waals surface area contributed by atoms with Gasteiger partial charge in [0.05, 0.1) is 5.92 Å². The fourth-order valence-electron chi connectivity index (χ4n) is 4.33. The molecule has 29 heavy (non-hydrogen) atoms. The second-order valence-electron chi connectivity index (χ2n) is 7.95. The molecule has 156 valence electrons. The number of carbonyl (C=O) groups excluding carboxylic acids is 3. The van der Waals surface area contributed by atoms with Gasteiger partial charge in [-0.15, -0.1) is 0 Å². The Labute approximate surface area is 170 Å². The molecule has 0 aromatic heterocycles. The van der Waals surface area contributed by atoms with Crippen LogP contribution in [-0.2, 0) is 20.8 Å². The van der Waals surface area contributed by atoms with Crippen LogP contribution >= 0.6 is 0 Å². The van der Waals surface area contributed by atoms with E-state index in [0.717, 1.165) is 31.5 Å². The van der Waals surface area contributed by atoms with Crippen LogP contribution < -0.4 is 14.8 Å². The fraction of sp³-hybridized carbons (Fsp3) is 0.571. The van der Waals surface area contributed by atoms with E-state index in [0.29, 0.717) is 37.4 Å². The summed E-state index contributed by atoms with van der Waals surface area (Å²) in [6.45, 7) is 4.20. The Balaban J connectivity index is 1.42. The molecule has 1 aromatic carbocycles. The van der Waals surface area contributed by atoms with Gasteiger partial charge in [-0.05, 0) is 37.0 Å². The van der Waals surface area contributed by atoms with Crippen molar-refractivity contribution >= 4 is 17.7 Å². The first-order valence-electron chi connectivity index (χ1n) is 10.2. The van der Waals surface area contributed by atoms with Crippen LogP contribution in [0.5, 0.6) is 11.5 Å². The first kappa shape index (κ1) is 19.5. The molecular weight excluding hydrogens is 374 g/mol. The van der Waals surface area contributed by atoms with Gasteiger partial charge in [-0.25, -0.2) is 0 Å². The summed E-state index contributed by atoms with van der Waals surface area (Å²) in [7, 11) is 0. The maximum atomic E-state index is 13.1. The molecule has 0 bridgehead atoms. The molecule has 0 spiro atoms. The van der Waals surface area contributed by atoms with Crippen LogP contribution in [0.2, 0.25) is 0 Å². The third kappa shape index (κ3) is 4.31. The highest BCUT2D eigenvalue weighted by Gasteiger charge is 2.36. The lowest BCUT2D eigenvalue weighted by molar-refractivity contribution is -0.137. The lowest BCUT2D eigenvalue weighted by atomic mass is 10.0. The van der Waals surface area contributed by atoms with Crippen LogP contribution in [0.3, 0.4) is 0 Å². The Hall–Kier alpha value is -2.77. The third-order valence-corrected chi connectivity index (χ3v) is 5.82. The molecule has 2 saturated heterocycles. The molecule has 2 unspecified atom stereocenters. The van der Waals surface area contributed by atoms with Crippen LogP contribution in [-0.4, -0.2) is 66.5 Å². The second kappa shape index (κ2) is 8.31. The molecule has 1 aromatic rings. The molecule has 3 aliphatic rings. The molecule has 1 N–H and O–H groups in total. The molecule has 3 aliphatic heterocycles. The van der Waals surface area contributed by atoms with E-state index in [1.54, 1.807) is 4.90 Å². The maximum Gasteiger partial charge on any atom is 0.245 e. The summed E-state index contributed by atoms with van der Waals surface area (Å²) in [6, 6.07) is 4.86. The predicted octanol–water partition coefficient (Wildman–Crippen LogP) is 0.933. The van der Waals surface area contributed by atoms with E-state index < -0.39 is 6.04 Å². The number of likely N-dealkylation sites (tertiary alicyclic amines) is 2. The Morgan fingerprint density at radius 1 is 1.10 bits per heavy atom. The van der Waals surface area contributed by atoms with E-state index in [1.165, 1.54) is 6.92 Å². The van der Waals surface area contributed by atoms with Crippen molar-refractivity contribution in [1.29, 1.82) is 0 Å². The van der Waals surface area contributed by atoms with Crippen molar-refractivity contribution in [2.75, 3.05) is 33.0 Å². The molecule has 3 amide bonds. The Morgan fingerprint density at radius 2 is 1.86 bits per heavy atom. The number of rotatable bonds is 5. The Morgan fingerprint density at radius 3 is 2.62 bits per heavy atom. The number of ether oxygens (including phenoxy) is 2. The van der Waals surface area contributed by atoms with Crippen LogP contribution in [0.15, 0.2) is 18.2 Å². The molecule has 0 radical (unpaired) electrons. The van der Waals surface area contributed by atoms with Crippen molar-refractivity contribution in [1.82, 2.24) is 15.1 Å². The SMILES string of the molecule is CC(=O)NC(Cc1ccc2c(c1)OCO2)C(=O)N1CCC(C(=O)N2CCCC2)C1. The lowest BCUT2D eigenvalue weighted by Crippen LogP contribution is -2.49. The summed E-state index contributed by atoms with van der Waals surface area (Å²) in [5.41, 5.74) is 0.880. The van der Waals surface area contributed by atoms with E-state index in [-0.39, 0.29) is 30.4 Å². The van der Waals surface area contributed by atoms with Gasteiger partial charge in [0.25, 0.3) is 0 Å². The molecule has 0 saturated carbocycles. The highest BCUT2D eigenvalue weighted by Crippen LogP contribution is 2.33. The summed E-state index contributed by atoms with van der Waals surface area (Å²) in [5.74, 6) is 0.945. The summed E-state index contributed by atoms with van der Waals surface area (Å²) < 4.78 is 10.7. The Bertz CT molecular complexity index is 806. The van der Waals surface area contributed by atoms with Gasteiger partial charge in [-0.1, -0.05) is 6.07 Å². The number of amides is 3. The van der Waals surface area contributed by atoms with E-state index in [1.807, 2.05) is 23.1 Å².